The summed E-state index contributed by atoms with van der Waals surface area (Å²) in [6.45, 7) is 8.34. The lowest BCUT2D eigenvalue weighted by Crippen LogP contribution is -2.44. The van der Waals surface area contributed by atoms with Crippen LogP contribution in [0.5, 0.6) is 0 Å². The van der Waals surface area contributed by atoms with E-state index in [-0.39, 0.29) is 4.90 Å². The molecule has 1 aromatic carbocycles. The third-order valence-corrected chi connectivity index (χ3v) is 8.08. The maximum absolute atomic E-state index is 14.2. The van der Waals surface area contributed by atoms with Crippen LogP contribution in [0.3, 0.4) is 0 Å². The third kappa shape index (κ3) is 3.13. The van der Waals surface area contributed by atoms with E-state index in [1.165, 1.54) is 13.8 Å². The Bertz CT molecular complexity index is 755. The molecule has 0 atom stereocenters. The summed E-state index contributed by atoms with van der Waals surface area (Å²) in [7, 11) is -7.55. The van der Waals surface area contributed by atoms with E-state index in [4.69, 9.17) is 0 Å². The van der Waals surface area contributed by atoms with E-state index >= 15 is 0 Å². The number of halogens is 1. The summed E-state index contributed by atoms with van der Waals surface area (Å²) in [5.74, 6) is -1.05. The Morgan fingerprint density at radius 3 is 1.76 bits per heavy atom. The summed E-state index contributed by atoms with van der Waals surface area (Å²) in [5.41, 5.74) is -0.617. The summed E-state index contributed by atoms with van der Waals surface area (Å²) in [6, 6.07) is 2.89. The standard InChI is InChI=1S/C14H21FO4S2/c1-13(2,3)14(4,5)21(18,19)12-8-7-10(9-11(12)15)20(6,16)17/h7-9H,1-6H3. The first-order valence-electron chi connectivity index (χ1n) is 6.36. The van der Waals surface area contributed by atoms with Gasteiger partial charge in [-0.15, -0.1) is 0 Å². The highest BCUT2D eigenvalue weighted by atomic mass is 32.2. The van der Waals surface area contributed by atoms with Gasteiger partial charge in [-0.2, -0.15) is 0 Å². The van der Waals surface area contributed by atoms with Gasteiger partial charge in [-0.3, -0.25) is 0 Å². The normalized spacial score (nSPS) is 14.2. The Kier molecular flexibility index (Phi) is 4.35. The topological polar surface area (TPSA) is 68.3 Å². The fourth-order valence-corrected chi connectivity index (χ4v) is 4.16. The molecular weight excluding hydrogens is 315 g/mol. The zero-order chi connectivity index (χ0) is 16.9. The van der Waals surface area contributed by atoms with Crippen molar-refractivity contribution < 1.29 is 21.2 Å². The zero-order valence-electron chi connectivity index (χ0n) is 13.1. The minimum absolute atomic E-state index is 0.243. The molecule has 4 nitrogen and oxygen atoms in total. The first kappa shape index (κ1) is 18.1. The van der Waals surface area contributed by atoms with Gasteiger partial charge in [0.1, 0.15) is 10.7 Å². The predicted octanol–water partition coefficient (Wildman–Crippen LogP) is 2.83. The van der Waals surface area contributed by atoms with Crippen molar-refractivity contribution >= 4 is 19.7 Å². The van der Waals surface area contributed by atoms with Gasteiger partial charge in [-0.05, 0) is 37.5 Å². The highest BCUT2D eigenvalue weighted by Crippen LogP contribution is 2.41. The molecule has 0 fully saturated rings. The molecule has 0 bridgehead atoms. The molecule has 0 aliphatic rings. The number of benzene rings is 1. The summed E-state index contributed by atoms with van der Waals surface area (Å²) in [6.07, 6.45) is 0.940. The minimum Gasteiger partial charge on any atom is -0.224 e. The van der Waals surface area contributed by atoms with Gasteiger partial charge in [-0.25, -0.2) is 21.2 Å². The lowest BCUT2D eigenvalue weighted by Gasteiger charge is -2.38. The Morgan fingerprint density at radius 1 is 0.952 bits per heavy atom. The molecule has 0 N–H and O–H groups in total. The van der Waals surface area contributed by atoms with Crippen LogP contribution in [0.4, 0.5) is 4.39 Å². The van der Waals surface area contributed by atoms with Crippen LogP contribution in [0, 0.1) is 11.2 Å². The van der Waals surface area contributed by atoms with Crippen LogP contribution in [0.1, 0.15) is 34.6 Å². The van der Waals surface area contributed by atoms with E-state index in [1.54, 1.807) is 20.8 Å². The number of hydrogen-bond acceptors (Lipinski definition) is 4. The molecule has 21 heavy (non-hydrogen) atoms. The number of hydrogen-bond donors (Lipinski definition) is 0. The maximum Gasteiger partial charge on any atom is 0.186 e. The zero-order valence-corrected chi connectivity index (χ0v) is 14.7. The van der Waals surface area contributed by atoms with Crippen molar-refractivity contribution in [2.75, 3.05) is 6.26 Å². The second-order valence-electron chi connectivity index (χ2n) is 6.63. The van der Waals surface area contributed by atoms with Crippen molar-refractivity contribution in [2.45, 2.75) is 49.2 Å². The average molecular weight is 336 g/mol. The highest BCUT2D eigenvalue weighted by molar-refractivity contribution is 7.93. The van der Waals surface area contributed by atoms with Gasteiger partial charge in [0, 0.05) is 6.26 Å². The molecule has 0 aliphatic carbocycles. The summed E-state index contributed by atoms with van der Waals surface area (Å²) >= 11 is 0. The van der Waals surface area contributed by atoms with E-state index in [9.17, 15) is 21.2 Å². The van der Waals surface area contributed by atoms with E-state index in [0.29, 0.717) is 0 Å². The van der Waals surface area contributed by atoms with E-state index in [0.717, 1.165) is 24.5 Å². The number of rotatable bonds is 3. The summed E-state index contributed by atoms with van der Waals surface area (Å²) in [5, 5.41) is 0. The van der Waals surface area contributed by atoms with Crippen molar-refractivity contribution in [3.8, 4) is 0 Å². The van der Waals surface area contributed by atoms with Crippen molar-refractivity contribution in [1.82, 2.24) is 0 Å². The Morgan fingerprint density at radius 2 is 1.43 bits per heavy atom. The van der Waals surface area contributed by atoms with Crippen LogP contribution in [0.15, 0.2) is 28.0 Å². The molecule has 1 aromatic rings. The molecule has 0 aromatic heterocycles. The summed E-state index contributed by atoms with van der Waals surface area (Å²) < 4.78 is 61.1. The lowest BCUT2D eigenvalue weighted by atomic mass is 9.83. The molecule has 0 spiro atoms. The van der Waals surface area contributed by atoms with Crippen molar-refractivity contribution in [3.05, 3.63) is 24.0 Å². The SMILES string of the molecule is CC(C)(C)C(C)(C)S(=O)(=O)c1ccc(S(C)(=O)=O)cc1F. The fourth-order valence-electron chi connectivity index (χ4n) is 1.61. The highest BCUT2D eigenvalue weighted by Gasteiger charge is 2.46. The lowest BCUT2D eigenvalue weighted by molar-refractivity contribution is 0.301. The van der Waals surface area contributed by atoms with Gasteiger partial charge in [0.25, 0.3) is 0 Å². The molecular formula is C14H21FO4S2. The van der Waals surface area contributed by atoms with Crippen LogP contribution in [0.2, 0.25) is 0 Å². The van der Waals surface area contributed by atoms with Crippen LogP contribution >= 0.6 is 0 Å². The predicted molar refractivity (Wildman–Crippen MR) is 80.2 cm³/mol. The first-order chi connectivity index (χ1) is 9.12. The fraction of sp³-hybridized carbons (Fsp3) is 0.571. The van der Waals surface area contributed by atoms with E-state index < -0.39 is 40.5 Å². The molecule has 0 saturated carbocycles. The molecule has 0 saturated heterocycles. The van der Waals surface area contributed by atoms with Crippen LogP contribution in [0.25, 0.3) is 0 Å². The van der Waals surface area contributed by atoms with E-state index in [2.05, 4.69) is 0 Å². The molecule has 0 amide bonds. The number of sulfone groups is 2. The maximum atomic E-state index is 14.2. The first-order valence-corrected chi connectivity index (χ1v) is 9.74. The van der Waals surface area contributed by atoms with Gasteiger partial charge in [0.05, 0.1) is 9.64 Å². The minimum atomic E-state index is -3.96. The van der Waals surface area contributed by atoms with E-state index in [1.807, 2.05) is 0 Å². The average Bonchev–Trinajstić information content (AvgIpc) is 2.25. The van der Waals surface area contributed by atoms with Crippen LogP contribution in [-0.2, 0) is 19.7 Å². The molecule has 0 aliphatic heterocycles. The second kappa shape index (κ2) is 5.05. The quantitative estimate of drug-likeness (QED) is 0.851. The van der Waals surface area contributed by atoms with Gasteiger partial charge in [-0.1, -0.05) is 20.8 Å². The third-order valence-electron chi connectivity index (χ3n) is 4.10. The van der Waals surface area contributed by atoms with Gasteiger partial charge >= 0.3 is 0 Å². The molecule has 120 valence electrons. The monoisotopic (exact) mass is 336 g/mol. The van der Waals surface area contributed by atoms with Crippen LogP contribution < -0.4 is 0 Å². The van der Waals surface area contributed by atoms with Crippen molar-refractivity contribution in [2.24, 2.45) is 5.41 Å². The van der Waals surface area contributed by atoms with Gasteiger partial charge in [0.15, 0.2) is 19.7 Å². The van der Waals surface area contributed by atoms with Crippen molar-refractivity contribution in [3.63, 3.8) is 0 Å². The second-order valence-corrected chi connectivity index (χ2v) is 11.1. The van der Waals surface area contributed by atoms with Crippen molar-refractivity contribution in [1.29, 1.82) is 0 Å². The van der Waals surface area contributed by atoms with Gasteiger partial charge < -0.3 is 0 Å². The molecule has 0 radical (unpaired) electrons. The Balaban J connectivity index is 3.56. The summed E-state index contributed by atoms with van der Waals surface area (Å²) in [4.78, 5) is -0.720. The smallest absolute Gasteiger partial charge is 0.186 e. The Labute approximate surface area is 126 Å². The molecule has 7 heteroatoms. The molecule has 1 rings (SSSR count). The molecule has 0 unspecified atom stereocenters. The van der Waals surface area contributed by atoms with Gasteiger partial charge in [0.2, 0.25) is 0 Å². The van der Waals surface area contributed by atoms with Crippen LogP contribution in [-0.4, -0.2) is 27.8 Å². The molecule has 0 heterocycles. The Hall–Kier alpha value is -0.950. The largest absolute Gasteiger partial charge is 0.224 e.